The van der Waals surface area contributed by atoms with Gasteiger partial charge in [0.2, 0.25) is 0 Å². The molecular formula is C36H37N3O3. The number of benzene rings is 4. The molecule has 0 aliphatic rings. The van der Waals surface area contributed by atoms with E-state index in [9.17, 15) is 9.90 Å². The highest BCUT2D eigenvalue weighted by molar-refractivity contribution is 5.87. The van der Waals surface area contributed by atoms with Gasteiger partial charge in [-0.2, -0.15) is 0 Å². The van der Waals surface area contributed by atoms with Crippen molar-refractivity contribution >= 4 is 5.97 Å². The zero-order chi connectivity index (χ0) is 29.3. The number of hydrogen-bond acceptors (Lipinski definition) is 4. The Morgan fingerprint density at radius 1 is 0.810 bits per heavy atom. The summed E-state index contributed by atoms with van der Waals surface area (Å²) in [6, 6.07) is 36.2. The van der Waals surface area contributed by atoms with Crippen LogP contribution in [-0.4, -0.2) is 32.6 Å². The lowest BCUT2D eigenvalue weighted by atomic mass is 10.1. The smallest absolute Gasteiger partial charge is 0.335 e. The number of imidazole rings is 1. The molecule has 1 heterocycles. The molecule has 0 bridgehead atoms. The minimum absolute atomic E-state index is 0.292. The van der Waals surface area contributed by atoms with Crippen molar-refractivity contribution in [3.05, 3.63) is 132 Å². The largest absolute Gasteiger partial charge is 0.497 e. The van der Waals surface area contributed by atoms with Crippen molar-refractivity contribution in [1.29, 1.82) is 0 Å². The molecule has 1 aromatic heterocycles. The van der Waals surface area contributed by atoms with Crippen molar-refractivity contribution in [3.63, 3.8) is 0 Å². The quantitative estimate of drug-likeness (QED) is 0.159. The molecule has 6 heteroatoms. The summed E-state index contributed by atoms with van der Waals surface area (Å²) in [7, 11) is 1.69. The average Bonchev–Trinajstić information content (AvgIpc) is 3.38. The number of nitrogens with zero attached hydrogens (tertiary/aromatic N) is 3. The van der Waals surface area contributed by atoms with Crippen LogP contribution < -0.4 is 4.74 Å². The minimum Gasteiger partial charge on any atom is -0.497 e. The van der Waals surface area contributed by atoms with E-state index in [1.165, 1.54) is 5.56 Å². The van der Waals surface area contributed by atoms with E-state index in [1.807, 2.05) is 36.4 Å². The summed E-state index contributed by atoms with van der Waals surface area (Å²) >= 11 is 0. The lowest BCUT2D eigenvalue weighted by molar-refractivity contribution is 0.0697. The fraction of sp³-hybridized carbons (Fsp3) is 0.222. The van der Waals surface area contributed by atoms with Crippen LogP contribution >= 0.6 is 0 Å². The number of unbranched alkanes of at least 4 members (excludes halogenated alkanes) is 1. The molecule has 1 N–H and O–H groups in total. The molecule has 214 valence electrons. The topological polar surface area (TPSA) is 67.6 Å². The average molecular weight is 560 g/mol. The van der Waals surface area contributed by atoms with Gasteiger partial charge in [-0.1, -0.05) is 98.3 Å². The number of aromatic carboxylic acids is 1. The summed E-state index contributed by atoms with van der Waals surface area (Å²) in [6.45, 7) is 5.13. The first-order valence-corrected chi connectivity index (χ1v) is 14.4. The Kier molecular flexibility index (Phi) is 9.47. The number of carboxylic acid groups (broad SMARTS) is 1. The molecule has 0 aliphatic heterocycles. The fourth-order valence-electron chi connectivity index (χ4n) is 5.25. The first-order chi connectivity index (χ1) is 20.6. The third-order valence-corrected chi connectivity index (χ3v) is 7.41. The van der Waals surface area contributed by atoms with Crippen molar-refractivity contribution in [2.45, 2.75) is 45.9 Å². The van der Waals surface area contributed by atoms with Gasteiger partial charge in [0.15, 0.2) is 0 Å². The molecule has 6 nitrogen and oxygen atoms in total. The molecule has 0 unspecified atom stereocenters. The van der Waals surface area contributed by atoms with Crippen LogP contribution in [0.4, 0.5) is 0 Å². The molecule has 0 amide bonds. The summed E-state index contributed by atoms with van der Waals surface area (Å²) in [5.74, 6) is 0.817. The lowest BCUT2D eigenvalue weighted by Crippen LogP contribution is -2.24. The van der Waals surface area contributed by atoms with Crippen molar-refractivity contribution in [3.8, 4) is 28.4 Å². The van der Waals surface area contributed by atoms with E-state index in [2.05, 4.69) is 77.1 Å². The van der Waals surface area contributed by atoms with E-state index in [1.54, 1.807) is 19.2 Å². The van der Waals surface area contributed by atoms with E-state index in [0.717, 1.165) is 65.6 Å². The van der Waals surface area contributed by atoms with Gasteiger partial charge in [0, 0.05) is 37.3 Å². The van der Waals surface area contributed by atoms with Gasteiger partial charge in [0.1, 0.15) is 11.6 Å². The summed E-state index contributed by atoms with van der Waals surface area (Å²) in [5.41, 5.74) is 6.80. The number of carboxylic acids is 1. The number of methoxy groups -OCH3 is 1. The highest BCUT2D eigenvalue weighted by Gasteiger charge is 2.22. The Balaban J connectivity index is 1.61. The van der Waals surface area contributed by atoms with Gasteiger partial charge in [0.05, 0.1) is 24.1 Å². The molecule has 0 saturated heterocycles. The second kappa shape index (κ2) is 13.8. The highest BCUT2D eigenvalue weighted by atomic mass is 16.5. The van der Waals surface area contributed by atoms with Gasteiger partial charge in [-0.25, -0.2) is 9.78 Å². The second-order valence-electron chi connectivity index (χ2n) is 10.5. The Labute approximate surface area is 247 Å². The Hall–Kier alpha value is -4.68. The molecule has 5 rings (SSSR count). The molecule has 0 saturated carbocycles. The van der Waals surface area contributed by atoms with Crippen LogP contribution in [0.1, 0.15) is 46.9 Å². The number of ether oxygens (including phenoxy) is 1. The summed E-state index contributed by atoms with van der Waals surface area (Å²) in [6.07, 6.45) is 2.10. The van der Waals surface area contributed by atoms with Gasteiger partial charge >= 0.3 is 5.97 Å². The molecule has 0 spiro atoms. The SMILES string of the molecule is CCCCn1c(-c2cccc(OC)c2)nc(-c2ccccc2)c1CN(Cc1ccccc1)Cc1ccc(C(=O)O)cc1. The summed E-state index contributed by atoms with van der Waals surface area (Å²) in [5, 5.41) is 9.39. The van der Waals surface area contributed by atoms with Crippen molar-refractivity contribution in [2.75, 3.05) is 7.11 Å². The van der Waals surface area contributed by atoms with Crippen LogP contribution in [0.15, 0.2) is 109 Å². The normalized spacial score (nSPS) is 11.1. The zero-order valence-corrected chi connectivity index (χ0v) is 24.2. The number of aromatic nitrogens is 2. The molecule has 42 heavy (non-hydrogen) atoms. The summed E-state index contributed by atoms with van der Waals surface area (Å²) < 4.78 is 7.94. The predicted molar refractivity (Wildman–Crippen MR) is 167 cm³/mol. The molecular weight excluding hydrogens is 522 g/mol. The van der Waals surface area contributed by atoms with Crippen LogP contribution in [0.2, 0.25) is 0 Å². The van der Waals surface area contributed by atoms with Crippen molar-refractivity contribution < 1.29 is 14.6 Å². The first kappa shape index (κ1) is 28.8. The lowest BCUT2D eigenvalue weighted by Gasteiger charge is -2.25. The van der Waals surface area contributed by atoms with E-state index in [4.69, 9.17) is 9.72 Å². The maximum atomic E-state index is 11.4. The van der Waals surface area contributed by atoms with Crippen LogP contribution in [0.5, 0.6) is 5.75 Å². The van der Waals surface area contributed by atoms with Gasteiger partial charge in [-0.3, -0.25) is 4.90 Å². The van der Waals surface area contributed by atoms with Gasteiger partial charge in [-0.05, 0) is 41.8 Å². The first-order valence-electron chi connectivity index (χ1n) is 14.4. The van der Waals surface area contributed by atoms with E-state index in [0.29, 0.717) is 18.7 Å². The third-order valence-electron chi connectivity index (χ3n) is 7.41. The second-order valence-corrected chi connectivity index (χ2v) is 10.5. The van der Waals surface area contributed by atoms with Gasteiger partial charge in [-0.15, -0.1) is 0 Å². The summed E-state index contributed by atoms with van der Waals surface area (Å²) in [4.78, 5) is 19.1. The third kappa shape index (κ3) is 6.96. The number of hydrogen-bond donors (Lipinski definition) is 1. The minimum atomic E-state index is -0.917. The zero-order valence-electron chi connectivity index (χ0n) is 24.2. The molecule has 0 radical (unpaired) electrons. The van der Waals surface area contributed by atoms with Crippen LogP contribution in [0.3, 0.4) is 0 Å². The highest BCUT2D eigenvalue weighted by Crippen LogP contribution is 2.33. The molecule has 0 atom stereocenters. The standard InChI is InChI=1S/C36H37N3O3/c1-3-4-22-39-33(34(29-14-9-6-10-15-29)37-35(39)31-16-11-17-32(23-31)42-2)26-38(24-27-12-7-5-8-13-27)25-28-18-20-30(21-19-28)36(40)41/h5-21,23H,3-4,22,24-26H2,1-2H3,(H,40,41). The van der Waals surface area contributed by atoms with Crippen LogP contribution in [0.25, 0.3) is 22.6 Å². The van der Waals surface area contributed by atoms with Crippen molar-refractivity contribution in [1.82, 2.24) is 14.5 Å². The van der Waals surface area contributed by atoms with E-state index < -0.39 is 5.97 Å². The Morgan fingerprint density at radius 3 is 2.10 bits per heavy atom. The molecule has 0 aliphatic carbocycles. The monoisotopic (exact) mass is 559 g/mol. The van der Waals surface area contributed by atoms with Gasteiger partial charge < -0.3 is 14.4 Å². The van der Waals surface area contributed by atoms with E-state index in [-0.39, 0.29) is 0 Å². The van der Waals surface area contributed by atoms with Gasteiger partial charge in [0.25, 0.3) is 0 Å². The van der Waals surface area contributed by atoms with Crippen LogP contribution in [-0.2, 0) is 26.2 Å². The van der Waals surface area contributed by atoms with Crippen molar-refractivity contribution in [2.24, 2.45) is 0 Å². The van der Waals surface area contributed by atoms with E-state index >= 15 is 0 Å². The number of rotatable bonds is 13. The molecule has 0 fully saturated rings. The maximum Gasteiger partial charge on any atom is 0.335 e. The molecule has 5 aromatic rings. The fourth-order valence-corrected chi connectivity index (χ4v) is 5.25. The number of carbonyl (C=O) groups is 1. The molecule has 4 aromatic carbocycles. The maximum absolute atomic E-state index is 11.4. The Bertz CT molecular complexity index is 1600. The predicted octanol–water partition coefficient (Wildman–Crippen LogP) is 7.93. The Morgan fingerprint density at radius 2 is 1.45 bits per heavy atom. The van der Waals surface area contributed by atoms with Crippen LogP contribution in [0, 0.1) is 0 Å².